The molecule has 0 amide bonds. The quantitative estimate of drug-likeness (QED) is 0.636. The van der Waals surface area contributed by atoms with Gasteiger partial charge >= 0.3 is 5.69 Å². The fraction of sp³-hybridized carbons (Fsp3) is 0.154. The van der Waals surface area contributed by atoms with Gasteiger partial charge in [-0.2, -0.15) is 0 Å². The van der Waals surface area contributed by atoms with Gasteiger partial charge in [0.25, 0.3) is 0 Å². The second kappa shape index (κ2) is 5.81. The van der Waals surface area contributed by atoms with Gasteiger partial charge in [0.05, 0.1) is 4.92 Å². The van der Waals surface area contributed by atoms with Gasteiger partial charge in [-0.25, -0.2) is 0 Å². The Hall–Kier alpha value is -2.63. The number of para-hydroxylation sites is 1. The second-order valence-electron chi connectivity index (χ2n) is 3.92. The van der Waals surface area contributed by atoms with Crippen molar-refractivity contribution in [3.8, 4) is 0 Å². The minimum absolute atomic E-state index is 0.0499. The smallest absolute Gasteiger partial charge is 0.315 e. The Bertz CT molecular complexity index is 572. The highest BCUT2D eigenvalue weighted by Gasteiger charge is 2.18. The van der Waals surface area contributed by atoms with Crippen LogP contribution in [-0.4, -0.2) is 17.0 Å². The molecule has 6 nitrogen and oxygen atoms in total. The number of hydrogen-bond donors (Lipinski definition) is 2. The van der Waals surface area contributed by atoms with Gasteiger partial charge in [0, 0.05) is 26.0 Å². The third-order valence-corrected chi connectivity index (χ3v) is 2.69. The summed E-state index contributed by atoms with van der Waals surface area (Å²) in [6.45, 7) is 0.488. The maximum absolute atomic E-state index is 11.1. The average Bonchev–Trinajstić information content (AvgIpc) is 2.45. The lowest BCUT2D eigenvalue weighted by Gasteiger charge is -2.09. The van der Waals surface area contributed by atoms with Crippen molar-refractivity contribution in [1.82, 2.24) is 4.98 Å². The summed E-state index contributed by atoms with van der Waals surface area (Å²) in [5, 5.41) is 17.0. The molecule has 0 unspecified atom stereocenters. The first-order chi connectivity index (χ1) is 9.22. The number of pyridine rings is 1. The van der Waals surface area contributed by atoms with Crippen LogP contribution in [0.5, 0.6) is 0 Å². The third kappa shape index (κ3) is 2.98. The Kier molecular flexibility index (Phi) is 3.92. The molecule has 0 aliphatic rings. The highest BCUT2D eigenvalue weighted by Crippen LogP contribution is 2.32. The Morgan fingerprint density at radius 2 is 2.05 bits per heavy atom. The molecule has 0 aliphatic heterocycles. The average molecular weight is 258 g/mol. The summed E-state index contributed by atoms with van der Waals surface area (Å²) in [7, 11) is 1.66. The van der Waals surface area contributed by atoms with Crippen molar-refractivity contribution in [2.45, 2.75) is 6.54 Å². The zero-order valence-corrected chi connectivity index (χ0v) is 10.5. The van der Waals surface area contributed by atoms with E-state index in [-0.39, 0.29) is 5.69 Å². The van der Waals surface area contributed by atoms with Crippen molar-refractivity contribution in [3.05, 3.63) is 58.4 Å². The minimum Gasteiger partial charge on any atom is -0.382 e. The number of nitro groups is 1. The van der Waals surface area contributed by atoms with Crippen LogP contribution in [-0.2, 0) is 6.54 Å². The van der Waals surface area contributed by atoms with Crippen molar-refractivity contribution >= 4 is 17.1 Å². The predicted molar refractivity (Wildman–Crippen MR) is 74.2 cm³/mol. The molecule has 1 aromatic heterocycles. The molecule has 2 aromatic rings. The van der Waals surface area contributed by atoms with Crippen molar-refractivity contribution in [2.75, 3.05) is 17.7 Å². The maximum atomic E-state index is 11.1. The molecule has 2 N–H and O–H groups in total. The molecule has 98 valence electrons. The van der Waals surface area contributed by atoms with Crippen LogP contribution in [0.4, 0.5) is 17.1 Å². The summed E-state index contributed by atoms with van der Waals surface area (Å²) in [4.78, 5) is 14.7. The topological polar surface area (TPSA) is 80.1 Å². The summed E-state index contributed by atoms with van der Waals surface area (Å²) in [5.74, 6) is 0. The van der Waals surface area contributed by atoms with Crippen molar-refractivity contribution in [2.24, 2.45) is 0 Å². The SMILES string of the molecule is CNc1cccc(NCc2cccnc2)c1[N+](=O)[O-]. The van der Waals surface area contributed by atoms with E-state index in [1.165, 1.54) is 0 Å². The first-order valence-corrected chi connectivity index (χ1v) is 5.80. The molecule has 19 heavy (non-hydrogen) atoms. The highest BCUT2D eigenvalue weighted by atomic mass is 16.6. The van der Waals surface area contributed by atoms with Crippen LogP contribution in [0.15, 0.2) is 42.7 Å². The van der Waals surface area contributed by atoms with Crippen LogP contribution in [0.1, 0.15) is 5.56 Å². The van der Waals surface area contributed by atoms with Gasteiger partial charge in [0.2, 0.25) is 0 Å². The van der Waals surface area contributed by atoms with E-state index < -0.39 is 4.92 Å². The summed E-state index contributed by atoms with van der Waals surface area (Å²) < 4.78 is 0. The van der Waals surface area contributed by atoms with Crippen molar-refractivity contribution in [3.63, 3.8) is 0 Å². The lowest BCUT2D eigenvalue weighted by molar-refractivity contribution is -0.383. The number of hydrogen-bond acceptors (Lipinski definition) is 5. The summed E-state index contributed by atoms with van der Waals surface area (Å²) in [6.07, 6.45) is 3.41. The molecule has 0 spiro atoms. The molecule has 0 fully saturated rings. The number of nitrogens with zero attached hydrogens (tertiary/aromatic N) is 2. The predicted octanol–water partition coefficient (Wildman–Crippen LogP) is 2.64. The minimum atomic E-state index is -0.391. The van der Waals surface area contributed by atoms with Gasteiger partial charge in [-0.15, -0.1) is 0 Å². The van der Waals surface area contributed by atoms with Crippen LogP contribution in [0.2, 0.25) is 0 Å². The van der Waals surface area contributed by atoms with E-state index in [1.54, 1.807) is 37.6 Å². The van der Waals surface area contributed by atoms with E-state index in [0.29, 0.717) is 17.9 Å². The number of nitro benzene ring substituents is 1. The maximum Gasteiger partial charge on any atom is 0.315 e. The summed E-state index contributed by atoms with van der Waals surface area (Å²) >= 11 is 0. The number of nitrogens with one attached hydrogen (secondary N) is 2. The van der Waals surface area contributed by atoms with Crippen LogP contribution < -0.4 is 10.6 Å². The normalized spacial score (nSPS) is 9.95. The standard InChI is InChI=1S/C13H14N4O2/c1-14-11-5-2-6-12(13(11)17(18)19)16-9-10-4-3-7-15-8-10/h2-8,14,16H,9H2,1H3. The van der Waals surface area contributed by atoms with E-state index in [1.807, 2.05) is 12.1 Å². The van der Waals surface area contributed by atoms with E-state index >= 15 is 0 Å². The molecule has 0 bridgehead atoms. The van der Waals surface area contributed by atoms with Gasteiger partial charge < -0.3 is 10.6 Å². The van der Waals surface area contributed by atoms with Crippen molar-refractivity contribution < 1.29 is 4.92 Å². The first-order valence-electron chi connectivity index (χ1n) is 5.80. The molecule has 0 atom stereocenters. The molecule has 0 saturated carbocycles. The van der Waals surface area contributed by atoms with Gasteiger partial charge in [0.1, 0.15) is 11.4 Å². The molecule has 2 rings (SSSR count). The zero-order valence-electron chi connectivity index (χ0n) is 10.5. The fourth-order valence-electron chi connectivity index (χ4n) is 1.78. The Morgan fingerprint density at radius 3 is 2.68 bits per heavy atom. The van der Waals surface area contributed by atoms with E-state index in [4.69, 9.17) is 0 Å². The molecule has 0 radical (unpaired) electrons. The summed E-state index contributed by atoms with van der Waals surface area (Å²) in [5.41, 5.74) is 1.99. The number of rotatable bonds is 5. The molecule has 6 heteroatoms. The largest absolute Gasteiger partial charge is 0.382 e. The summed E-state index contributed by atoms with van der Waals surface area (Å²) in [6, 6.07) is 8.87. The highest BCUT2D eigenvalue weighted by molar-refractivity contribution is 5.76. The van der Waals surface area contributed by atoms with Crippen molar-refractivity contribution in [1.29, 1.82) is 0 Å². The van der Waals surface area contributed by atoms with Gasteiger partial charge in [-0.1, -0.05) is 12.1 Å². The Balaban J connectivity index is 2.23. The van der Waals surface area contributed by atoms with Crippen LogP contribution in [0, 0.1) is 10.1 Å². The monoisotopic (exact) mass is 258 g/mol. The van der Waals surface area contributed by atoms with Crippen LogP contribution >= 0.6 is 0 Å². The van der Waals surface area contributed by atoms with Crippen LogP contribution in [0.25, 0.3) is 0 Å². The first kappa shape index (κ1) is 12.8. The molecule has 0 aliphatic carbocycles. The molecule has 1 heterocycles. The number of anilines is 2. The lowest BCUT2D eigenvalue weighted by Crippen LogP contribution is -2.05. The third-order valence-electron chi connectivity index (χ3n) is 2.69. The number of aromatic nitrogens is 1. The van der Waals surface area contributed by atoms with E-state index in [9.17, 15) is 10.1 Å². The fourth-order valence-corrected chi connectivity index (χ4v) is 1.78. The molecule has 0 saturated heterocycles. The second-order valence-corrected chi connectivity index (χ2v) is 3.92. The van der Waals surface area contributed by atoms with Crippen LogP contribution in [0.3, 0.4) is 0 Å². The molecular weight excluding hydrogens is 244 g/mol. The lowest BCUT2D eigenvalue weighted by atomic mass is 10.2. The molecule has 1 aromatic carbocycles. The van der Waals surface area contributed by atoms with Gasteiger partial charge in [-0.3, -0.25) is 15.1 Å². The van der Waals surface area contributed by atoms with E-state index in [2.05, 4.69) is 15.6 Å². The van der Waals surface area contributed by atoms with Gasteiger partial charge in [-0.05, 0) is 23.8 Å². The zero-order chi connectivity index (χ0) is 13.7. The van der Waals surface area contributed by atoms with Gasteiger partial charge in [0.15, 0.2) is 0 Å². The van der Waals surface area contributed by atoms with E-state index in [0.717, 1.165) is 5.56 Å². The molecular formula is C13H14N4O2. The Morgan fingerprint density at radius 1 is 1.26 bits per heavy atom. The number of benzene rings is 1. The Labute approximate surface area is 110 Å².